The van der Waals surface area contributed by atoms with Crippen molar-refractivity contribution in [2.45, 2.75) is 12.5 Å². The molecule has 2 atom stereocenters. The maximum Gasteiger partial charge on any atom is 0.225 e. The smallest absolute Gasteiger partial charge is 0.225 e. The number of carbonyl (C=O) groups is 1. The lowest BCUT2D eigenvalue weighted by Gasteiger charge is -2.14. The van der Waals surface area contributed by atoms with Crippen LogP contribution in [-0.2, 0) is 9.53 Å². The van der Waals surface area contributed by atoms with E-state index in [2.05, 4.69) is 5.32 Å². The van der Waals surface area contributed by atoms with E-state index in [9.17, 15) is 4.79 Å². The molecule has 4 nitrogen and oxygen atoms in total. The Balaban J connectivity index is 0.00000162. The number of nitrogens with one attached hydrogen (secondary N) is 1. The third-order valence-electron chi connectivity index (χ3n) is 3.02. The van der Waals surface area contributed by atoms with Gasteiger partial charge in [-0.1, -0.05) is 30.3 Å². The van der Waals surface area contributed by atoms with Gasteiger partial charge in [-0.25, -0.2) is 0 Å². The molecule has 1 aliphatic heterocycles. The molecule has 2 rings (SSSR count). The average molecular weight is 271 g/mol. The van der Waals surface area contributed by atoms with Gasteiger partial charge in [-0.3, -0.25) is 4.79 Å². The summed E-state index contributed by atoms with van der Waals surface area (Å²) in [5.41, 5.74) is 7.03. The number of amides is 1. The first kappa shape index (κ1) is 15.0. The number of carbonyl (C=O) groups excluding carboxylic acids is 1. The second-order valence-electron chi connectivity index (χ2n) is 4.32. The molecule has 100 valence electrons. The minimum Gasteiger partial charge on any atom is -0.381 e. The first-order valence-corrected chi connectivity index (χ1v) is 5.93. The Labute approximate surface area is 113 Å². The second-order valence-corrected chi connectivity index (χ2v) is 4.32. The van der Waals surface area contributed by atoms with Gasteiger partial charge in [0.2, 0.25) is 5.91 Å². The summed E-state index contributed by atoms with van der Waals surface area (Å²) in [4.78, 5) is 11.7. The van der Waals surface area contributed by atoms with Gasteiger partial charge in [0.25, 0.3) is 0 Å². The molecule has 0 spiro atoms. The van der Waals surface area contributed by atoms with Crippen LogP contribution in [0.4, 0.5) is 0 Å². The highest BCUT2D eigenvalue weighted by molar-refractivity contribution is 5.85. The second kappa shape index (κ2) is 7.36. The maximum absolute atomic E-state index is 11.7. The van der Waals surface area contributed by atoms with Gasteiger partial charge in [-0.05, 0) is 12.0 Å². The van der Waals surface area contributed by atoms with Crippen LogP contribution in [0, 0.1) is 5.92 Å². The summed E-state index contributed by atoms with van der Waals surface area (Å²) in [6.45, 7) is 1.69. The molecule has 0 radical (unpaired) electrons. The van der Waals surface area contributed by atoms with Crippen LogP contribution in [0.5, 0.6) is 0 Å². The highest BCUT2D eigenvalue weighted by Gasteiger charge is 2.23. The fourth-order valence-electron chi connectivity index (χ4n) is 1.91. The normalized spacial score (nSPS) is 19.9. The van der Waals surface area contributed by atoms with E-state index in [4.69, 9.17) is 10.5 Å². The summed E-state index contributed by atoms with van der Waals surface area (Å²) < 4.78 is 5.18. The van der Waals surface area contributed by atoms with Gasteiger partial charge in [0.15, 0.2) is 0 Å². The molecule has 1 heterocycles. The lowest BCUT2D eigenvalue weighted by molar-refractivity contribution is -0.125. The van der Waals surface area contributed by atoms with Crippen LogP contribution in [0.15, 0.2) is 30.3 Å². The summed E-state index contributed by atoms with van der Waals surface area (Å²) in [7, 11) is 0. The van der Waals surface area contributed by atoms with Crippen molar-refractivity contribution in [3.63, 3.8) is 0 Å². The Bertz CT molecular complexity index is 367. The summed E-state index contributed by atoms with van der Waals surface area (Å²) in [6.07, 6.45) is 0.812. The SMILES string of the molecule is Cl.NC(CNC(=O)C1CCOC1)c1ccccc1. The van der Waals surface area contributed by atoms with E-state index in [0.29, 0.717) is 19.8 Å². The van der Waals surface area contributed by atoms with Crippen LogP contribution < -0.4 is 11.1 Å². The highest BCUT2D eigenvalue weighted by atomic mass is 35.5. The molecule has 3 N–H and O–H groups in total. The molecular weight excluding hydrogens is 252 g/mol. The Hall–Kier alpha value is -1.10. The van der Waals surface area contributed by atoms with E-state index >= 15 is 0 Å². The van der Waals surface area contributed by atoms with Crippen molar-refractivity contribution in [3.8, 4) is 0 Å². The number of rotatable bonds is 4. The zero-order valence-corrected chi connectivity index (χ0v) is 11.0. The lowest BCUT2D eigenvalue weighted by atomic mass is 10.1. The predicted octanol–water partition coefficient (Wildman–Crippen LogP) is 1.26. The third-order valence-corrected chi connectivity index (χ3v) is 3.02. The van der Waals surface area contributed by atoms with Gasteiger partial charge in [-0.2, -0.15) is 0 Å². The fraction of sp³-hybridized carbons (Fsp3) is 0.462. The van der Waals surface area contributed by atoms with Crippen LogP contribution in [0.25, 0.3) is 0 Å². The number of benzene rings is 1. The molecule has 0 aliphatic carbocycles. The molecule has 2 unspecified atom stereocenters. The topological polar surface area (TPSA) is 64.3 Å². The summed E-state index contributed by atoms with van der Waals surface area (Å²) >= 11 is 0. The van der Waals surface area contributed by atoms with Gasteiger partial charge in [-0.15, -0.1) is 12.4 Å². The van der Waals surface area contributed by atoms with E-state index < -0.39 is 0 Å². The van der Waals surface area contributed by atoms with Crippen LogP contribution >= 0.6 is 12.4 Å². The van der Waals surface area contributed by atoms with Crippen molar-refractivity contribution >= 4 is 18.3 Å². The van der Waals surface area contributed by atoms with Crippen molar-refractivity contribution in [3.05, 3.63) is 35.9 Å². The van der Waals surface area contributed by atoms with Gasteiger partial charge < -0.3 is 15.8 Å². The largest absolute Gasteiger partial charge is 0.381 e. The average Bonchev–Trinajstić information content (AvgIpc) is 2.90. The quantitative estimate of drug-likeness (QED) is 0.866. The molecule has 1 saturated heterocycles. The van der Waals surface area contributed by atoms with Crippen LogP contribution in [-0.4, -0.2) is 25.7 Å². The number of ether oxygens (including phenoxy) is 1. The van der Waals surface area contributed by atoms with Crippen molar-refractivity contribution in [2.24, 2.45) is 11.7 Å². The maximum atomic E-state index is 11.7. The van der Waals surface area contributed by atoms with E-state index in [1.54, 1.807) is 0 Å². The van der Waals surface area contributed by atoms with Crippen LogP contribution in [0.3, 0.4) is 0 Å². The number of hydrogen-bond donors (Lipinski definition) is 2. The summed E-state index contributed by atoms with van der Waals surface area (Å²) in [5, 5.41) is 2.88. The number of hydrogen-bond acceptors (Lipinski definition) is 3. The van der Waals surface area contributed by atoms with Crippen LogP contribution in [0.2, 0.25) is 0 Å². The predicted molar refractivity (Wildman–Crippen MR) is 72.6 cm³/mol. The van der Waals surface area contributed by atoms with Gasteiger partial charge in [0.05, 0.1) is 12.5 Å². The Morgan fingerprint density at radius 3 is 2.78 bits per heavy atom. The molecule has 0 saturated carbocycles. The Morgan fingerprint density at radius 2 is 2.17 bits per heavy atom. The van der Waals surface area contributed by atoms with E-state index in [0.717, 1.165) is 12.0 Å². The zero-order valence-electron chi connectivity index (χ0n) is 10.2. The van der Waals surface area contributed by atoms with Crippen molar-refractivity contribution in [2.75, 3.05) is 19.8 Å². The Kier molecular flexibility index (Phi) is 6.12. The molecule has 0 bridgehead atoms. The third kappa shape index (κ3) is 3.98. The minimum atomic E-state index is -0.150. The fourth-order valence-corrected chi connectivity index (χ4v) is 1.91. The standard InChI is InChI=1S/C13H18N2O2.ClH/c14-12(10-4-2-1-3-5-10)8-15-13(16)11-6-7-17-9-11;/h1-5,11-12H,6-9,14H2,(H,15,16);1H. The minimum absolute atomic E-state index is 0. The monoisotopic (exact) mass is 270 g/mol. The summed E-state index contributed by atoms with van der Waals surface area (Å²) in [6, 6.07) is 9.63. The zero-order chi connectivity index (χ0) is 12.1. The van der Waals surface area contributed by atoms with E-state index in [1.165, 1.54) is 0 Å². The molecular formula is C13H19ClN2O2. The van der Waals surface area contributed by atoms with Gasteiger partial charge >= 0.3 is 0 Å². The molecule has 5 heteroatoms. The van der Waals surface area contributed by atoms with Crippen LogP contribution in [0.1, 0.15) is 18.0 Å². The lowest BCUT2D eigenvalue weighted by Crippen LogP contribution is -2.36. The number of nitrogens with two attached hydrogens (primary N) is 1. The molecule has 1 aromatic rings. The van der Waals surface area contributed by atoms with Crippen molar-refractivity contribution < 1.29 is 9.53 Å². The molecule has 1 aromatic carbocycles. The highest BCUT2D eigenvalue weighted by Crippen LogP contribution is 2.13. The van der Waals surface area contributed by atoms with E-state index in [-0.39, 0.29) is 30.3 Å². The first-order chi connectivity index (χ1) is 8.27. The van der Waals surface area contributed by atoms with Gasteiger partial charge in [0, 0.05) is 19.2 Å². The van der Waals surface area contributed by atoms with Crippen molar-refractivity contribution in [1.82, 2.24) is 5.32 Å². The van der Waals surface area contributed by atoms with E-state index in [1.807, 2.05) is 30.3 Å². The number of halogens is 1. The molecule has 0 aromatic heterocycles. The molecule has 18 heavy (non-hydrogen) atoms. The molecule has 1 aliphatic rings. The molecule has 1 fully saturated rings. The first-order valence-electron chi connectivity index (χ1n) is 5.93. The molecule has 1 amide bonds. The van der Waals surface area contributed by atoms with Gasteiger partial charge in [0.1, 0.15) is 0 Å². The Morgan fingerprint density at radius 1 is 1.44 bits per heavy atom. The summed E-state index contributed by atoms with van der Waals surface area (Å²) in [5.74, 6) is 0.0480. The van der Waals surface area contributed by atoms with Crippen molar-refractivity contribution in [1.29, 1.82) is 0 Å².